The molecule has 0 saturated heterocycles. The van der Waals surface area contributed by atoms with Crippen LogP contribution in [-0.2, 0) is 9.53 Å². The summed E-state index contributed by atoms with van der Waals surface area (Å²) in [6.07, 6.45) is 3.44. The van der Waals surface area contributed by atoms with Crippen LogP contribution in [0, 0.1) is 0 Å². The Morgan fingerprint density at radius 1 is 1.44 bits per heavy atom. The fourth-order valence-corrected chi connectivity index (χ4v) is 0.956. The predicted molar refractivity (Wildman–Crippen MR) is 63.2 cm³/mol. The number of hydrogen-bond donors (Lipinski definition) is 3. The Hall–Kier alpha value is -0.910. The normalized spacial score (nSPS) is 11.2. The topological polar surface area (TPSA) is 70.6 Å². The summed E-state index contributed by atoms with van der Waals surface area (Å²) in [6, 6.07) is 0. The lowest BCUT2D eigenvalue weighted by molar-refractivity contribution is -0.116. The Morgan fingerprint density at radius 3 is 2.81 bits per heavy atom. The molecule has 94 valence electrons. The maximum Gasteiger partial charge on any atom is 0.243 e. The highest BCUT2D eigenvalue weighted by Crippen LogP contribution is 1.84. The smallest absolute Gasteiger partial charge is 0.243 e. The van der Waals surface area contributed by atoms with E-state index in [1.807, 2.05) is 13.8 Å². The summed E-state index contributed by atoms with van der Waals surface area (Å²) >= 11 is 0. The quantitative estimate of drug-likeness (QED) is 0.374. The molecule has 0 aliphatic heterocycles. The number of rotatable bonds is 9. The second kappa shape index (κ2) is 10.6. The average molecular weight is 230 g/mol. The molecular formula is C11H22N2O3. The van der Waals surface area contributed by atoms with Crippen LogP contribution in [0.15, 0.2) is 12.2 Å². The number of carbonyl (C=O) groups excluding carboxylic acids is 1. The molecule has 0 unspecified atom stereocenters. The van der Waals surface area contributed by atoms with Gasteiger partial charge in [0, 0.05) is 25.7 Å². The van der Waals surface area contributed by atoms with E-state index in [0.29, 0.717) is 19.7 Å². The number of ether oxygens (including phenoxy) is 1. The van der Waals surface area contributed by atoms with Crippen LogP contribution in [0.1, 0.15) is 13.8 Å². The molecule has 5 nitrogen and oxygen atoms in total. The van der Waals surface area contributed by atoms with E-state index in [9.17, 15) is 4.79 Å². The highest BCUT2D eigenvalue weighted by Gasteiger charge is 1.93. The number of aliphatic hydroxyl groups is 1. The van der Waals surface area contributed by atoms with Crippen molar-refractivity contribution in [2.24, 2.45) is 0 Å². The van der Waals surface area contributed by atoms with Crippen LogP contribution in [0.2, 0.25) is 0 Å². The summed E-state index contributed by atoms with van der Waals surface area (Å²) in [5.74, 6) is -0.186. The Bertz CT molecular complexity index is 205. The van der Waals surface area contributed by atoms with Crippen LogP contribution < -0.4 is 10.6 Å². The molecule has 1 amide bonds. The van der Waals surface area contributed by atoms with Gasteiger partial charge >= 0.3 is 0 Å². The molecule has 0 saturated carbocycles. The van der Waals surface area contributed by atoms with Crippen molar-refractivity contribution in [3.63, 3.8) is 0 Å². The first-order valence-corrected chi connectivity index (χ1v) is 5.54. The molecule has 3 N–H and O–H groups in total. The van der Waals surface area contributed by atoms with Crippen LogP contribution in [0.25, 0.3) is 0 Å². The van der Waals surface area contributed by atoms with E-state index in [-0.39, 0.29) is 18.6 Å². The fraction of sp³-hybridized carbons (Fsp3) is 0.727. The van der Waals surface area contributed by atoms with E-state index >= 15 is 0 Å². The maximum atomic E-state index is 11.0. The summed E-state index contributed by atoms with van der Waals surface area (Å²) < 4.78 is 5.33. The van der Waals surface area contributed by atoms with Gasteiger partial charge in [0.1, 0.15) is 0 Å². The lowest BCUT2D eigenvalue weighted by Crippen LogP contribution is -2.25. The van der Waals surface area contributed by atoms with Crippen molar-refractivity contribution >= 4 is 5.91 Å². The molecule has 0 heterocycles. The molecule has 0 aliphatic carbocycles. The van der Waals surface area contributed by atoms with Gasteiger partial charge in [0.15, 0.2) is 0 Å². The van der Waals surface area contributed by atoms with Crippen molar-refractivity contribution in [1.29, 1.82) is 0 Å². The van der Waals surface area contributed by atoms with E-state index in [2.05, 4.69) is 10.6 Å². The summed E-state index contributed by atoms with van der Waals surface area (Å²) in [5, 5.41) is 14.1. The Balaban J connectivity index is 3.30. The minimum Gasteiger partial charge on any atom is -0.395 e. The molecule has 0 aliphatic rings. The standard InChI is InChI=1S/C11H22N2O3/c1-10(2)16-9-7-12-5-3-4-11(15)13-6-8-14/h3-4,10,12,14H,5-9H2,1-2H3,(H,13,15)/b4-3+. The minimum atomic E-state index is -0.186. The van der Waals surface area contributed by atoms with Crippen LogP contribution in [0.4, 0.5) is 0 Å². The summed E-state index contributed by atoms with van der Waals surface area (Å²) in [4.78, 5) is 11.0. The molecular weight excluding hydrogens is 208 g/mol. The lowest BCUT2D eigenvalue weighted by Gasteiger charge is -2.06. The summed E-state index contributed by atoms with van der Waals surface area (Å²) in [7, 11) is 0. The number of hydrogen-bond acceptors (Lipinski definition) is 4. The molecule has 5 heteroatoms. The van der Waals surface area contributed by atoms with Gasteiger partial charge in [-0.3, -0.25) is 4.79 Å². The van der Waals surface area contributed by atoms with Gasteiger partial charge in [-0.15, -0.1) is 0 Å². The molecule has 0 atom stereocenters. The largest absolute Gasteiger partial charge is 0.395 e. The van der Waals surface area contributed by atoms with E-state index in [0.717, 1.165) is 6.54 Å². The third-order valence-corrected chi connectivity index (χ3v) is 1.67. The molecule has 0 fully saturated rings. The number of nitrogens with one attached hydrogen (secondary N) is 2. The number of aliphatic hydroxyl groups excluding tert-OH is 1. The summed E-state index contributed by atoms with van der Waals surface area (Å²) in [6.45, 7) is 6.30. The Labute approximate surface area is 96.9 Å². The molecule has 16 heavy (non-hydrogen) atoms. The van der Waals surface area contributed by atoms with Gasteiger partial charge in [0.05, 0.1) is 19.3 Å². The van der Waals surface area contributed by atoms with Crippen molar-refractivity contribution in [3.8, 4) is 0 Å². The van der Waals surface area contributed by atoms with Crippen LogP contribution in [-0.4, -0.2) is 50.0 Å². The first kappa shape index (κ1) is 15.1. The molecule has 0 aromatic rings. The number of amides is 1. The highest BCUT2D eigenvalue weighted by atomic mass is 16.5. The van der Waals surface area contributed by atoms with Crippen LogP contribution in [0.5, 0.6) is 0 Å². The molecule has 0 rings (SSSR count). The van der Waals surface area contributed by atoms with Crippen molar-refractivity contribution in [2.75, 3.05) is 32.8 Å². The second-order valence-electron chi connectivity index (χ2n) is 3.54. The van der Waals surface area contributed by atoms with E-state index < -0.39 is 0 Å². The average Bonchev–Trinajstić information content (AvgIpc) is 2.24. The van der Waals surface area contributed by atoms with Crippen molar-refractivity contribution in [3.05, 3.63) is 12.2 Å². The third kappa shape index (κ3) is 11.2. The SMILES string of the molecule is CC(C)OCCNC/C=C/C(=O)NCCO. The van der Waals surface area contributed by atoms with Gasteiger partial charge in [0.2, 0.25) is 5.91 Å². The maximum absolute atomic E-state index is 11.0. The van der Waals surface area contributed by atoms with Gasteiger partial charge in [-0.25, -0.2) is 0 Å². The van der Waals surface area contributed by atoms with Crippen molar-refractivity contribution < 1.29 is 14.6 Å². The predicted octanol–water partition coefficient (Wildman–Crippen LogP) is -0.334. The highest BCUT2D eigenvalue weighted by molar-refractivity contribution is 5.87. The van der Waals surface area contributed by atoms with Gasteiger partial charge in [-0.2, -0.15) is 0 Å². The second-order valence-corrected chi connectivity index (χ2v) is 3.54. The molecule has 0 spiro atoms. The molecule has 0 aromatic heterocycles. The van der Waals surface area contributed by atoms with E-state index in [1.165, 1.54) is 6.08 Å². The first-order valence-electron chi connectivity index (χ1n) is 5.54. The van der Waals surface area contributed by atoms with Crippen LogP contribution in [0.3, 0.4) is 0 Å². The Morgan fingerprint density at radius 2 is 2.19 bits per heavy atom. The van der Waals surface area contributed by atoms with Crippen molar-refractivity contribution in [2.45, 2.75) is 20.0 Å². The zero-order chi connectivity index (χ0) is 12.2. The number of carbonyl (C=O) groups is 1. The fourth-order valence-electron chi connectivity index (χ4n) is 0.956. The van der Waals surface area contributed by atoms with E-state index in [1.54, 1.807) is 6.08 Å². The van der Waals surface area contributed by atoms with Crippen LogP contribution >= 0.6 is 0 Å². The van der Waals surface area contributed by atoms with Gasteiger partial charge in [-0.1, -0.05) is 6.08 Å². The van der Waals surface area contributed by atoms with Crippen molar-refractivity contribution in [1.82, 2.24) is 10.6 Å². The third-order valence-electron chi connectivity index (χ3n) is 1.67. The zero-order valence-corrected chi connectivity index (χ0v) is 10.0. The molecule has 0 aromatic carbocycles. The van der Waals surface area contributed by atoms with E-state index in [4.69, 9.17) is 9.84 Å². The minimum absolute atomic E-state index is 0.0373. The molecule has 0 bridgehead atoms. The van der Waals surface area contributed by atoms with Gasteiger partial charge in [-0.05, 0) is 13.8 Å². The monoisotopic (exact) mass is 230 g/mol. The summed E-state index contributed by atoms with van der Waals surface area (Å²) in [5.41, 5.74) is 0. The van der Waals surface area contributed by atoms with Gasteiger partial charge in [0.25, 0.3) is 0 Å². The molecule has 0 radical (unpaired) electrons. The van der Waals surface area contributed by atoms with Gasteiger partial charge < -0.3 is 20.5 Å². The Kier molecular flexibility index (Phi) is 10.00. The lowest BCUT2D eigenvalue weighted by atomic mass is 10.4. The zero-order valence-electron chi connectivity index (χ0n) is 10.0. The first-order chi connectivity index (χ1) is 7.66.